The van der Waals surface area contributed by atoms with E-state index in [0.29, 0.717) is 6.61 Å². The third kappa shape index (κ3) is 6.56. The van der Waals surface area contributed by atoms with Crippen LogP contribution in [0.15, 0.2) is 25.3 Å². The minimum absolute atomic E-state index is 0.571. The zero-order valence-corrected chi connectivity index (χ0v) is 8.34. The van der Waals surface area contributed by atoms with Gasteiger partial charge in [0, 0.05) is 5.75 Å². The second-order valence-electron chi connectivity index (χ2n) is 1.45. The van der Waals surface area contributed by atoms with Gasteiger partial charge in [-0.05, 0) is 0 Å². The molecule has 0 spiro atoms. The highest BCUT2D eigenvalue weighted by Gasteiger charge is 1.90. The van der Waals surface area contributed by atoms with E-state index in [1.807, 2.05) is 6.08 Å². The monoisotopic (exact) mass is 194 g/mol. The molecule has 0 bridgehead atoms. The average molecular weight is 194 g/mol. The summed E-state index contributed by atoms with van der Waals surface area (Å²) in [6.45, 7) is 7.69. The average Bonchev–Trinajstić information content (AvgIpc) is 1.97. The Bertz CT molecular complexity index is 122. The number of hydrogen-bond donors (Lipinski definition) is 0. The zero-order chi connectivity index (χ0) is 7.82. The van der Waals surface area contributed by atoms with E-state index in [1.54, 1.807) is 17.5 Å². The number of rotatable bonds is 6. The molecule has 10 heavy (non-hydrogen) atoms. The quantitative estimate of drug-likeness (QED) is 0.475. The van der Waals surface area contributed by atoms with Gasteiger partial charge >= 0.3 is 0 Å². The molecule has 0 rings (SSSR count). The van der Waals surface area contributed by atoms with E-state index in [4.69, 9.17) is 16.3 Å². The molecule has 0 N–H and O–H groups in total. The van der Waals surface area contributed by atoms with Crippen molar-refractivity contribution in [3.8, 4) is 0 Å². The van der Waals surface area contributed by atoms with Crippen LogP contribution in [0.2, 0.25) is 0 Å². The van der Waals surface area contributed by atoms with Crippen molar-refractivity contribution >= 4 is 29.3 Å². The molecule has 0 amide bonds. The molecule has 0 aliphatic rings. The van der Waals surface area contributed by atoms with Crippen LogP contribution in [0.3, 0.4) is 0 Å². The summed E-state index contributed by atoms with van der Waals surface area (Å²) in [6.07, 6.45) is 2.49. The minimum Gasteiger partial charge on any atom is -0.340 e. The summed E-state index contributed by atoms with van der Waals surface area (Å²) >= 11 is 6.66. The fraction of sp³-hybridized carbons (Fsp3) is 0.333. The standard InChI is InChI=1S/C6H11OPS2/c1-3-5-7-8(9)10-6-4-2/h3-4,8H,1-2,5-6H2. The van der Waals surface area contributed by atoms with E-state index in [1.165, 1.54) is 0 Å². The molecule has 4 heteroatoms. The van der Waals surface area contributed by atoms with Gasteiger partial charge in [-0.2, -0.15) is 0 Å². The largest absolute Gasteiger partial charge is 0.340 e. The lowest BCUT2D eigenvalue weighted by Gasteiger charge is -2.00. The molecule has 0 fully saturated rings. The second-order valence-corrected chi connectivity index (χ2v) is 6.73. The molecule has 1 unspecified atom stereocenters. The van der Waals surface area contributed by atoms with Gasteiger partial charge in [0.2, 0.25) is 0 Å². The highest BCUT2D eigenvalue weighted by Crippen LogP contribution is 2.38. The van der Waals surface area contributed by atoms with Gasteiger partial charge in [0.1, 0.15) is 6.13 Å². The Kier molecular flexibility index (Phi) is 7.88. The Balaban J connectivity index is 3.24. The van der Waals surface area contributed by atoms with Crippen LogP contribution in [-0.4, -0.2) is 12.4 Å². The summed E-state index contributed by atoms with van der Waals surface area (Å²) in [6, 6.07) is 0. The lowest BCUT2D eigenvalue weighted by Crippen LogP contribution is -1.75. The van der Waals surface area contributed by atoms with Crippen LogP contribution in [-0.2, 0) is 16.3 Å². The summed E-state index contributed by atoms with van der Waals surface area (Å²) in [5, 5.41) is 0. The Morgan fingerprint density at radius 2 is 2.20 bits per heavy atom. The first-order valence-electron chi connectivity index (χ1n) is 2.82. The van der Waals surface area contributed by atoms with Gasteiger partial charge in [-0.15, -0.1) is 13.2 Å². The van der Waals surface area contributed by atoms with E-state index in [9.17, 15) is 0 Å². The maximum absolute atomic E-state index is 5.21. The van der Waals surface area contributed by atoms with Gasteiger partial charge in [0.25, 0.3) is 0 Å². The second kappa shape index (κ2) is 7.55. The fourth-order valence-corrected chi connectivity index (χ4v) is 2.92. The van der Waals surface area contributed by atoms with E-state index < -0.39 is 6.13 Å². The van der Waals surface area contributed by atoms with Crippen LogP contribution in [0.1, 0.15) is 0 Å². The molecule has 1 nitrogen and oxygen atoms in total. The highest BCUT2D eigenvalue weighted by atomic mass is 32.9. The Morgan fingerprint density at radius 3 is 2.70 bits per heavy atom. The maximum Gasteiger partial charge on any atom is 0.108 e. The predicted molar refractivity (Wildman–Crippen MR) is 54.5 cm³/mol. The molecular formula is C6H11OPS2. The minimum atomic E-state index is -1.06. The molecule has 0 saturated carbocycles. The molecule has 0 aliphatic carbocycles. The van der Waals surface area contributed by atoms with Gasteiger partial charge in [-0.1, -0.05) is 35.3 Å². The van der Waals surface area contributed by atoms with Crippen molar-refractivity contribution in [1.82, 2.24) is 0 Å². The molecule has 0 aromatic heterocycles. The SMILES string of the molecule is C=CCO[PH](=S)SCC=C. The van der Waals surface area contributed by atoms with Gasteiger partial charge in [-0.25, -0.2) is 0 Å². The fourth-order valence-electron chi connectivity index (χ4n) is 0.296. The van der Waals surface area contributed by atoms with Crippen molar-refractivity contribution in [1.29, 1.82) is 0 Å². The summed E-state index contributed by atoms with van der Waals surface area (Å²) in [5.41, 5.74) is 0. The first kappa shape index (κ1) is 10.4. The molecule has 1 atom stereocenters. The molecule has 0 aromatic rings. The molecule has 0 saturated heterocycles. The molecule has 0 heterocycles. The van der Waals surface area contributed by atoms with Crippen molar-refractivity contribution in [2.45, 2.75) is 0 Å². The first-order chi connectivity index (χ1) is 4.81. The molecule has 0 aromatic carbocycles. The van der Waals surface area contributed by atoms with Crippen molar-refractivity contribution in [2.75, 3.05) is 12.4 Å². The summed E-state index contributed by atoms with van der Waals surface area (Å²) in [5.74, 6) is 0.884. The van der Waals surface area contributed by atoms with E-state index >= 15 is 0 Å². The molecule has 58 valence electrons. The van der Waals surface area contributed by atoms with Crippen LogP contribution in [0, 0.1) is 0 Å². The Labute approximate surface area is 71.8 Å². The van der Waals surface area contributed by atoms with Crippen LogP contribution in [0.4, 0.5) is 0 Å². The van der Waals surface area contributed by atoms with Crippen LogP contribution in [0.25, 0.3) is 0 Å². The smallest absolute Gasteiger partial charge is 0.108 e. The lowest BCUT2D eigenvalue weighted by atomic mass is 10.7. The van der Waals surface area contributed by atoms with Crippen LogP contribution < -0.4 is 0 Å². The summed E-state index contributed by atoms with van der Waals surface area (Å²) < 4.78 is 5.21. The van der Waals surface area contributed by atoms with Crippen LogP contribution in [0.5, 0.6) is 0 Å². The third-order valence-corrected chi connectivity index (χ3v) is 4.65. The first-order valence-corrected chi connectivity index (χ1v) is 7.07. The van der Waals surface area contributed by atoms with Gasteiger partial charge < -0.3 is 4.52 Å². The van der Waals surface area contributed by atoms with Crippen molar-refractivity contribution < 1.29 is 4.52 Å². The van der Waals surface area contributed by atoms with E-state index in [2.05, 4.69) is 13.2 Å². The van der Waals surface area contributed by atoms with E-state index in [-0.39, 0.29) is 0 Å². The normalized spacial score (nSPS) is 12.4. The lowest BCUT2D eigenvalue weighted by molar-refractivity contribution is 0.423. The topological polar surface area (TPSA) is 9.23 Å². The Morgan fingerprint density at radius 1 is 1.50 bits per heavy atom. The van der Waals surface area contributed by atoms with Crippen molar-refractivity contribution in [2.24, 2.45) is 0 Å². The molecular weight excluding hydrogens is 183 g/mol. The van der Waals surface area contributed by atoms with Crippen molar-refractivity contribution in [3.05, 3.63) is 25.3 Å². The molecule has 0 aliphatic heterocycles. The van der Waals surface area contributed by atoms with Gasteiger partial charge in [0.05, 0.1) is 6.61 Å². The van der Waals surface area contributed by atoms with Gasteiger partial charge in [0.15, 0.2) is 0 Å². The zero-order valence-electron chi connectivity index (χ0n) is 5.71. The molecule has 0 radical (unpaired) electrons. The Hall–Kier alpha value is 0.440. The summed E-state index contributed by atoms with van der Waals surface area (Å²) in [7, 11) is 0. The predicted octanol–water partition coefficient (Wildman–Crippen LogP) is 2.61. The van der Waals surface area contributed by atoms with Crippen molar-refractivity contribution in [3.63, 3.8) is 0 Å². The van der Waals surface area contributed by atoms with Gasteiger partial charge in [-0.3, -0.25) is 0 Å². The third-order valence-electron chi connectivity index (χ3n) is 0.638. The van der Waals surface area contributed by atoms with Crippen LogP contribution >= 0.6 is 17.5 Å². The maximum atomic E-state index is 5.21. The number of hydrogen-bond acceptors (Lipinski definition) is 3. The summed E-state index contributed by atoms with van der Waals surface area (Å²) in [4.78, 5) is 0. The van der Waals surface area contributed by atoms with E-state index in [0.717, 1.165) is 5.75 Å². The highest BCUT2D eigenvalue weighted by molar-refractivity contribution is 8.62.